The molecular weight excluding hydrogens is 338 g/mol. The van der Waals surface area contributed by atoms with Crippen LogP contribution in [0.4, 0.5) is 10.5 Å². The van der Waals surface area contributed by atoms with E-state index in [0.29, 0.717) is 22.7 Å². The van der Waals surface area contributed by atoms with Gasteiger partial charge in [-0.15, -0.1) is 11.3 Å². The monoisotopic (exact) mass is 357 g/mol. The highest BCUT2D eigenvalue weighted by Gasteiger charge is 2.33. The fourth-order valence-electron chi connectivity index (χ4n) is 2.81. The number of benzene rings is 1. The Hall–Kier alpha value is -2.80. The molecule has 0 saturated carbocycles. The largest absolute Gasteiger partial charge is 0.495 e. The van der Waals surface area contributed by atoms with Gasteiger partial charge in [-0.05, 0) is 43.0 Å². The lowest BCUT2D eigenvalue weighted by Crippen LogP contribution is -2.45. The van der Waals surface area contributed by atoms with Gasteiger partial charge in [0.15, 0.2) is 0 Å². The van der Waals surface area contributed by atoms with E-state index >= 15 is 0 Å². The van der Waals surface area contributed by atoms with Crippen molar-refractivity contribution < 1.29 is 14.3 Å². The lowest BCUT2D eigenvalue weighted by atomic mass is 9.98. The number of allylic oxidation sites excluding steroid dienone is 1. The number of carbonyl (C=O) groups is 2. The quantitative estimate of drug-likeness (QED) is 0.785. The van der Waals surface area contributed by atoms with Crippen LogP contribution >= 0.6 is 11.3 Å². The van der Waals surface area contributed by atoms with Crippen molar-refractivity contribution in [1.82, 2.24) is 10.6 Å². The fourth-order valence-corrected chi connectivity index (χ4v) is 3.79. The van der Waals surface area contributed by atoms with Crippen LogP contribution in [0.2, 0.25) is 0 Å². The lowest BCUT2D eigenvalue weighted by Gasteiger charge is -2.28. The SMILES string of the molecule is COc1ccccc1NC(=O)C1=C(C)NC(=O)N[C@H]1c1sccc1C. The second-order valence-corrected chi connectivity index (χ2v) is 6.64. The first-order chi connectivity index (χ1) is 12.0. The number of nitrogens with one attached hydrogen (secondary N) is 3. The Morgan fingerprint density at radius 3 is 2.68 bits per heavy atom. The summed E-state index contributed by atoms with van der Waals surface area (Å²) in [6.07, 6.45) is 0. The third kappa shape index (κ3) is 3.36. The van der Waals surface area contributed by atoms with Gasteiger partial charge >= 0.3 is 6.03 Å². The molecular formula is C18H19N3O3S. The molecule has 2 heterocycles. The molecule has 0 aliphatic carbocycles. The van der Waals surface area contributed by atoms with Gasteiger partial charge in [0, 0.05) is 10.6 Å². The topological polar surface area (TPSA) is 79.5 Å². The molecule has 25 heavy (non-hydrogen) atoms. The Bertz CT molecular complexity index is 857. The molecule has 1 aliphatic heterocycles. The molecule has 130 valence electrons. The third-order valence-electron chi connectivity index (χ3n) is 4.03. The summed E-state index contributed by atoms with van der Waals surface area (Å²) < 4.78 is 5.28. The summed E-state index contributed by atoms with van der Waals surface area (Å²) in [6.45, 7) is 3.69. The number of para-hydroxylation sites is 2. The second kappa shape index (κ2) is 6.98. The summed E-state index contributed by atoms with van der Waals surface area (Å²) in [4.78, 5) is 25.8. The summed E-state index contributed by atoms with van der Waals surface area (Å²) in [6, 6.07) is 8.37. The molecule has 1 aromatic heterocycles. The molecule has 0 unspecified atom stereocenters. The Labute approximate surface area is 149 Å². The van der Waals surface area contributed by atoms with Crippen LogP contribution in [0.25, 0.3) is 0 Å². The minimum Gasteiger partial charge on any atom is -0.495 e. The number of hydrogen-bond acceptors (Lipinski definition) is 4. The summed E-state index contributed by atoms with van der Waals surface area (Å²) in [5, 5.41) is 10.4. The van der Waals surface area contributed by atoms with Gasteiger partial charge < -0.3 is 20.7 Å². The van der Waals surface area contributed by atoms with Gasteiger partial charge in [-0.3, -0.25) is 4.79 Å². The Kier molecular flexibility index (Phi) is 4.76. The highest BCUT2D eigenvalue weighted by atomic mass is 32.1. The number of hydrogen-bond donors (Lipinski definition) is 3. The van der Waals surface area contributed by atoms with Crippen LogP contribution in [0, 0.1) is 6.92 Å². The van der Waals surface area contributed by atoms with Crippen LogP contribution < -0.4 is 20.7 Å². The first-order valence-corrected chi connectivity index (χ1v) is 8.66. The number of carbonyl (C=O) groups excluding carboxylic acids is 2. The van der Waals surface area contributed by atoms with E-state index in [4.69, 9.17) is 4.74 Å². The predicted molar refractivity (Wildman–Crippen MR) is 97.8 cm³/mol. The molecule has 0 fully saturated rings. The van der Waals surface area contributed by atoms with E-state index in [1.165, 1.54) is 11.3 Å². The number of thiophene rings is 1. The molecule has 6 nitrogen and oxygen atoms in total. The van der Waals surface area contributed by atoms with E-state index in [0.717, 1.165) is 10.4 Å². The zero-order valence-electron chi connectivity index (χ0n) is 14.2. The van der Waals surface area contributed by atoms with Crippen molar-refractivity contribution in [2.75, 3.05) is 12.4 Å². The van der Waals surface area contributed by atoms with Gasteiger partial charge in [-0.2, -0.15) is 0 Å². The number of methoxy groups -OCH3 is 1. The molecule has 3 amide bonds. The highest BCUT2D eigenvalue weighted by Crippen LogP contribution is 2.33. The first kappa shape index (κ1) is 17.0. The maximum Gasteiger partial charge on any atom is 0.319 e. The number of ether oxygens (including phenoxy) is 1. The van der Waals surface area contributed by atoms with Crippen molar-refractivity contribution in [3.05, 3.63) is 57.4 Å². The Morgan fingerprint density at radius 1 is 1.24 bits per heavy atom. The zero-order valence-corrected chi connectivity index (χ0v) is 15.0. The van der Waals surface area contributed by atoms with E-state index in [2.05, 4.69) is 16.0 Å². The van der Waals surface area contributed by atoms with E-state index < -0.39 is 6.04 Å². The lowest BCUT2D eigenvalue weighted by molar-refractivity contribution is -0.113. The molecule has 0 saturated heterocycles. The molecule has 2 aromatic rings. The zero-order chi connectivity index (χ0) is 18.0. The van der Waals surface area contributed by atoms with Gasteiger partial charge in [0.05, 0.1) is 24.4 Å². The van der Waals surface area contributed by atoms with Crippen LogP contribution in [0.5, 0.6) is 5.75 Å². The third-order valence-corrected chi connectivity index (χ3v) is 5.12. The number of aryl methyl sites for hydroxylation is 1. The van der Waals surface area contributed by atoms with Crippen molar-refractivity contribution in [2.45, 2.75) is 19.9 Å². The van der Waals surface area contributed by atoms with Crippen LogP contribution in [-0.2, 0) is 4.79 Å². The Balaban J connectivity index is 1.96. The van der Waals surface area contributed by atoms with Crippen molar-refractivity contribution in [3.8, 4) is 5.75 Å². The van der Waals surface area contributed by atoms with Gasteiger partial charge in [0.2, 0.25) is 0 Å². The van der Waals surface area contributed by atoms with Crippen LogP contribution in [0.1, 0.15) is 23.4 Å². The van der Waals surface area contributed by atoms with Crippen LogP contribution in [0.15, 0.2) is 47.0 Å². The smallest absolute Gasteiger partial charge is 0.319 e. The molecule has 0 spiro atoms. The number of rotatable bonds is 4. The fraction of sp³-hybridized carbons (Fsp3) is 0.222. The molecule has 1 aromatic carbocycles. The molecule has 3 N–H and O–H groups in total. The molecule has 7 heteroatoms. The summed E-state index contributed by atoms with van der Waals surface area (Å²) in [5.74, 6) is 0.290. The van der Waals surface area contributed by atoms with E-state index in [-0.39, 0.29) is 11.9 Å². The summed E-state index contributed by atoms with van der Waals surface area (Å²) in [7, 11) is 1.55. The number of amides is 3. The van der Waals surface area contributed by atoms with Crippen molar-refractivity contribution in [1.29, 1.82) is 0 Å². The van der Waals surface area contributed by atoms with E-state index in [9.17, 15) is 9.59 Å². The van der Waals surface area contributed by atoms with Crippen molar-refractivity contribution in [2.24, 2.45) is 0 Å². The first-order valence-electron chi connectivity index (χ1n) is 7.78. The minimum atomic E-state index is -0.483. The van der Waals surface area contributed by atoms with Gasteiger partial charge in [0.1, 0.15) is 5.75 Å². The van der Waals surface area contributed by atoms with Crippen molar-refractivity contribution in [3.63, 3.8) is 0 Å². The van der Waals surface area contributed by atoms with Crippen LogP contribution in [-0.4, -0.2) is 19.0 Å². The molecule has 0 radical (unpaired) electrons. The van der Waals surface area contributed by atoms with E-state index in [1.54, 1.807) is 26.2 Å². The second-order valence-electron chi connectivity index (χ2n) is 5.69. The van der Waals surface area contributed by atoms with Gasteiger partial charge in [-0.1, -0.05) is 12.1 Å². The predicted octanol–water partition coefficient (Wildman–Crippen LogP) is 3.33. The Morgan fingerprint density at radius 2 is 2.00 bits per heavy atom. The standard InChI is InChI=1S/C18H19N3O3S/c1-10-8-9-25-16(10)15-14(11(2)19-18(23)21-15)17(22)20-12-6-4-5-7-13(12)24-3/h4-9,15H,1-3H3,(H,20,22)(H2,19,21,23)/t15-/m1/s1. The summed E-state index contributed by atoms with van der Waals surface area (Å²) in [5.41, 5.74) is 2.63. The maximum atomic E-state index is 13.0. The average Bonchev–Trinajstić information content (AvgIpc) is 3.00. The maximum absolute atomic E-state index is 13.0. The molecule has 0 bridgehead atoms. The highest BCUT2D eigenvalue weighted by molar-refractivity contribution is 7.10. The average molecular weight is 357 g/mol. The number of anilines is 1. The van der Waals surface area contributed by atoms with Gasteiger partial charge in [0.25, 0.3) is 5.91 Å². The summed E-state index contributed by atoms with van der Waals surface area (Å²) >= 11 is 1.51. The number of urea groups is 1. The van der Waals surface area contributed by atoms with Crippen molar-refractivity contribution >= 4 is 29.0 Å². The molecule has 1 aliphatic rings. The normalized spacial score (nSPS) is 16.9. The van der Waals surface area contributed by atoms with Crippen LogP contribution in [0.3, 0.4) is 0 Å². The van der Waals surface area contributed by atoms with Gasteiger partial charge in [-0.25, -0.2) is 4.79 Å². The van der Waals surface area contributed by atoms with E-state index in [1.807, 2.05) is 30.5 Å². The molecule has 3 rings (SSSR count). The minimum absolute atomic E-state index is 0.285. The molecule has 1 atom stereocenters.